The van der Waals surface area contributed by atoms with Crippen molar-refractivity contribution in [2.24, 2.45) is 0 Å². The van der Waals surface area contributed by atoms with Crippen LogP contribution in [0, 0.1) is 0 Å². The van der Waals surface area contributed by atoms with Gasteiger partial charge in [-0.1, -0.05) is 11.6 Å². The predicted octanol–water partition coefficient (Wildman–Crippen LogP) is 3.77. The molecule has 5 nitrogen and oxygen atoms in total. The summed E-state index contributed by atoms with van der Waals surface area (Å²) in [6.45, 7) is 0. The number of alkyl halides is 3. The maximum atomic E-state index is 12.8. The van der Waals surface area contributed by atoms with Crippen LogP contribution in [0.3, 0.4) is 0 Å². The molecular weight excluding hydrogens is 307 g/mol. The molecule has 21 heavy (non-hydrogen) atoms. The van der Waals surface area contributed by atoms with Crippen LogP contribution < -0.4 is 5.32 Å². The summed E-state index contributed by atoms with van der Waals surface area (Å²) < 4.78 is 38.5. The number of rotatable bonds is 2. The minimum atomic E-state index is -4.52. The molecule has 0 aliphatic carbocycles. The summed E-state index contributed by atoms with van der Waals surface area (Å²) >= 11 is 5.57. The Hall–Kier alpha value is -2.35. The number of H-pyrrole nitrogens is 1. The van der Waals surface area contributed by atoms with Crippen molar-refractivity contribution in [3.8, 4) is 0 Å². The Bertz CT molecular complexity index is 799. The number of anilines is 2. The summed E-state index contributed by atoms with van der Waals surface area (Å²) in [4.78, 5) is 14.7. The third-order valence-electron chi connectivity index (χ3n) is 2.76. The first-order valence-corrected chi connectivity index (χ1v) is 6.11. The van der Waals surface area contributed by atoms with Gasteiger partial charge in [-0.3, -0.25) is 0 Å². The molecule has 2 heterocycles. The van der Waals surface area contributed by atoms with Crippen LogP contribution in [0.15, 0.2) is 30.9 Å². The van der Waals surface area contributed by atoms with E-state index in [1.165, 1.54) is 24.8 Å². The van der Waals surface area contributed by atoms with E-state index in [4.69, 9.17) is 11.6 Å². The van der Waals surface area contributed by atoms with E-state index in [9.17, 15) is 13.2 Å². The fraction of sp³-hybridized carbons (Fsp3) is 0.0833. The fourth-order valence-corrected chi connectivity index (χ4v) is 2.04. The summed E-state index contributed by atoms with van der Waals surface area (Å²) in [5, 5.41) is 2.43. The molecule has 108 valence electrons. The zero-order chi connectivity index (χ0) is 15.0. The smallest absolute Gasteiger partial charge is 0.340 e. The van der Waals surface area contributed by atoms with Crippen molar-refractivity contribution in [1.29, 1.82) is 0 Å². The Labute approximate surface area is 121 Å². The molecule has 0 saturated heterocycles. The lowest BCUT2D eigenvalue weighted by atomic mass is 10.2. The van der Waals surface area contributed by atoms with Gasteiger partial charge in [0.15, 0.2) is 11.5 Å². The third-order valence-corrected chi connectivity index (χ3v) is 3.09. The van der Waals surface area contributed by atoms with Crippen LogP contribution in [0.4, 0.5) is 24.7 Å². The summed E-state index contributed by atoms with van der Waals surface area (Å²) in [6.07, 6.45) is -1.83. The van der Waals surface area contributed by atoms with Crippen LogP contribution in [0.2, 0.25) is 5.02 Å². The molecule has 0 aliphatic heterocycles. The second-order valence-electron chi connectivity index (χ2n) is 4.14. The van der Waals surface area contributed by atoms with Crippen LogP contribution in [-0.4, -0.2) is 19.9 Å². The lowest BCUT2D eigenvalue weighted by Gasteiger charge is -2.12. The highest BCUT2D eigenvalue weighted by atomic mass is 35.5. The summed E-state index contributed by atoms with van der Waals surface area (Å²) in [7, 11) is 0. The lowest BCUT2D eigenvalue weighted by Crippen LogP contribution is -2.06. The number of nitrogens with one attached hydrogen (secondary N) is 2. The normalized spacial score (nSPS) is 11.8. The number of halogens is 4. The Morgan fingerprint density at radius 2 is 1.95 bits per heavy atom. The van der Waals surface area contributed by atoms with Crippen molar-refractivity contribution < 1.29 is 13.2 Å². The molecule has 2 aromatic heterocycles. The number of hydrogen-bond donors (Lipinski definition) is 2. The van der Waals surface area contributed by atoms with Gasteiger partial charge in [0, 0.05) is 5.69 Å². The molecule has 1 aromatic carbocycles. The van der Waals surface area contributed by atoms with Gasteiger partial charge < -0.3 is 10.3 Å². The van der Waals surface area contributed by atoms with Gasteiger partial charge in [0.1, 0.15) is 11.8 Å². The van der Waals surface area contributed by atoms with Crippen molar-refractivity contribution in [1.82, 2.24) is 19.9 Å². The van der Waals surface area contributed by atoms with E-state index in [2.05, 4.69) is 25.3 Å². The molecule has 0 fully saturated rings. The number of benzene rings is 1. The number of aromatic nitrogens is 4. The second-order valence-corrected chi connectivity index (χ2v) is 4.55. The van der Waals surface area contributed by atoms with Gasteiger partial charge >= 0.3 is 6.18 Å². The zero-order valence-electron chi connectivity index (χ0n) is 10.2. The first-order chi connectivity index (χ1) is 9.95. The molecule has 0 unspecified atom stereocenters. The quantitative estimate of drug-likeness (QED) is 0.756. The molecular formula is C12H7ClF3N5. The predicted molar refractivity (Wildman–Crippen MR) is 71.4 cm³/mol. The van der Waals surface area contributed by atoms with E-state index >= 15 is 0 Å². The molecule has 3 aromatic rings. The zero-order valence-corrected chi connectivity index (χ0v) is 11.0. The summed E-state index contributed by atoms with van der Waals surface area (Å²) in [5.41, 5.74) is 0.212. The molecule has 0 aliphatic rings. The minimum absolute atomic E-state index is 0.210. The van der Waals surface area contributed by atoms with Gasteiger partial charge in [0.05, 0.1) is 16.9 Å². The number of imidazole rings is 1. The first kappa shape index (κ1) is 13.6. The van der Waals surface area contributed by atoms with Crippen LogP contribution in [0.25, 0.3) is 11.2 Å². The Kier molecular flexibility index (Phi) is 3.17. The van der Waals surface area contributed by atoms with E-state index < -0.39 is 11.7 Å². The van der Waals surface area contributed by atoms with E-state index in [-0.39, 0.29) is 10.7 Å². The van der Waals surface area contributed by atoms with E-state index in [1.807, 2.05) is 0 Å². The third kappa shape index (κ3) is 2.62. The van der Waals surface area contributed by atoms with Gasteiger partial charge in [0.25, 0.3) is 0 Å². The van der Waals surface area contributed by atoms with Crippen LogP contribution in [0.5, 0.6) is 0 Å². The molecule has 9 heteroatoms. The SMILES string of the molecule is FC(F)(F)c1cc(Nc2ncnc3nc[nH]c23)ccc1Cl. The Balaban J connectivity index is 2.01. The van der Waals surface area contributed by atoms with Gasteiger partial charge in [-0.15, -0.1) is 0 Å². The van der Waals surface area contributed by atoms with Crippen LogP contribution >= 0.6 is 11.6 Å². The molecule has 2 N–H and O–H groups in total. The van der Waals surface area contributed by atoms with Crippen LogP contribution in [-0.2, 0) is 6.18 Å². The highest BCUT2D eigenvalue weighted by Crippen LogP contribution is 2.36. The highest BCUT2D eigenvalue weighted by molar-refractivity contribution is 6.31. The van der Waals surface area contributed by atoms with Crippen molar-refractivity contribution in [2.45, 2.75) is 6.18 Å². The van der Waals surface area contributed by atoms with Gasteiger partial charge in [0.2, 0.25) is 0 Å². The van der Waals surface area contributed by atoms with E-state index in [1.54, 1.807) is 0 Å². The fourth-order valence-electron chi connectivity index (χ4n) is 1.82. The molecule has 0 amide bonds. The molecule has 0 bridgehead atoms. The van der Waals surface area contributed by atoms with Crippen molar-refractivity contribution in [3.63, 3.8) is 0 Å². The average molecular weight is 314 g/mol. The molecule has 0 spiro atoms. The number of hydrogen-bond acceptors (Lipinski definition) is 4. The topological polar surface area (TPSA) is 66.5 Å². The van der Waals surface area contributed by atoms with E-state index in [0.717, 1.165) is 6.07 Å². The van der Waals surface area contributed by atoms with Crippen molar-refractivity contribution >= 4 is 34.3 Å². The van der Waals surface area contributed by atoms with Gasteiger partial charge in [-0.25, -0.2) is 15.0 Å². The van der Waals surface area contributed by atoms with Gasteiger partial charge in [-0.05, 0) is 18.2 Å². The number of fused-ring (bicyclic) bond motifs is 1. The molecule has 0 saturated carbocycles. The van der Waals surface area contributed by atoms with Crippen molar-refractivity contribution in [3.05, 3.63) is 41.4 Å². The number of nitrogens with zero attached hydrogens (tertiary/aromatic N) is 3. The minimum Gasteiger partial charge on any atom is -0.340 e. The lowest BCUT2D eigenvalue weighted by molar-refractivity contribution is -0.137. The average Bonchev–Trinajstić information content (AvgIpc) is 2.89. The maximum absolute atomic E-state index is 12.8. The molecule has 0 radical (unpaired) electrons. The standard InChI is InChI=1S/C12H7ClF3N5/c13-8-2-1-6(3-7(8)12(14,15)16)21-11-9-10(18-4-17-9)19-5-20-11/h1-5H,(H2,17,18,19,20,21). The maximum Gasteiger partial charge on any atom is 0.417 e. The number of aromatic amines is 1. The highest BCUT2D eigenvalue weighted by Gasteiger charge is 2.33. The largest absolute Gasteiger partial charge is 0.417 e. The Morgan fingerprint density at radius 3 is 2.71 bits per heavy atom. The summed E-state index contributed by atoms with van der Waals surface area (Å²) in [6, 6.07) is 3.53. The van der Waals surface area contributed by atoms with Crippen molar-refractivity contribution in [2.75, 3.05) is 5.32 Å². The monoisotopic (exact) mass is 313 g/mol. The molecule has 3 rings (SSSR count). The van der Waals surface area contributed by atoms with Crippen LogP contribution in [0.1, 0.15) is 5.56 Å². The first-order valence-electron chi connectivity index (χ1n) is 5.73. The van der Waals surface area contributed by atoms with E-state index in [0.29, 0.717) is 17.0 Å². The second kappa shape index (κ2) is 4.88. The Morgan fingerprint density at radius 1 is 1.14 bits per heavy atom. The van der Waals surface area contributed by atoms with Gasteiger partial charge in [-0.2, -0.15) is 13.2 Å². The molecule has 0 atom stereocenters. The summed E-state index contributed by atoms with van der Waals surface area (Å²) in [5.74, 6) is 0.327.